The molecule has 2 nitrogen and oxygen atoms in total. The van der Waals surface area contributed by atoms with Gasteiger partial charge in [0, 0.05) is 18.0 Å². The third kappa shape index (κ3) is 4.87. The number of benzene rings is 2. The molecule has 0 fully saturated rings. The van der Waals surface area contributed by atoms with E-state index in [4.69, 9.17) is 11.6 Å². The van der Waals surface area contributed by atoms with Crippen LogP contribution in [0.4, 0.5) is 4.39 Å². The Hall–Kier alpha value is -1.87. The van der Waals surface area contributed by atoms with Crippen LogP contribution in [-0.2, 0) is 17.8 Å². The summed E-state index contributed by atoms with van der Waals surface area (Å²) in [5, 5.41) is 3.46. The number of hydrogen-bond donors (Lipinski definition) is 1. The van der Waals surface area contributed by atoms with Crippen LogP contribution in [0.15, 0.2) is 42.5 Å². The highest BCUT2D eigenvalue weighted by atomic mass is 35.5. The first-order valence-corrected chi connectivity index (χ1v) is 7.18. The Morgan fingerprint density at radius 2 is 2.00 bits per heavy atom. The first-order valence-electron chi connectivity index (χ1n) is 6.81. The monoisotopic (exact) mass is 305 g/mol. The number of carbonyl (C=O) groups excluding carboxylic acids is 1. The zero-order valence-corrected chi connectivity index (χ0v) is 12.6. The van der Waals surface area contributed by atoms with Crippen LogP contribution in [-0.4, -0.2) is 5.91 Å². The topological polar surface area (TPSA) is 29.1 Å². The minimum absolute atomic E-state index is 0.0593. The van der Waals surface area contributed by atoms with Gasteiger partial charge >= 0.3 is 0 Å². The highest BCUT2D eigenvalue weighted by Crippen LogP contribution is 2.12. The summed E-state index contributed by atoms with van der Waals surface area (Å²) in [6.07, 6.45) is 1.02. The summed E-state index contributed by atoms with van der Waals surface area (Å²) in [5.74, 6) is -0.309. The second-order valence-corrected chi connectivity index (χ2v) is 5.43. The molecule has 0 saturated carbocycles. The molecule has 21 heavy (non-hydrogen) atoms. The molecule has 0 aliphatic carbocycles. The van der Waals surface area contributed by atoms with Gasteiger partial charge in [-0.2, -0.15) is 0 Å². The van der Waals surface area contributed by atoms with Crippen LogP contribution >= 0.6 is 11.6 Å². The van der Waals surface area contributed by atoms with Gasteiger partial charge in [-0.1, -0.05) is 35.9 Å². The van der Waals surface area contributed by atoms with Gasteiger partial charge in [0.2, 0.25) is 5.91 Å². The Balaban J connectivity index is 1.80. The maximum Gasteiger partial charge on any atom is 0.220 e. The predicted molar refractivity (Wildman–Crippen MR) is 82.8 cm³/mol. The molecule has 0 aliphatic rings. The van der Waals surface area contributed by atoms with E-state index in [9.17, 15) is 9.18 Å². The van der Waals surface area contributed by atoms with Gasteiger partial charge in [0.25, 0.3) is 0 Å². The Morgan fingerprint density at radius 3 is 2.71 bits per heavy atom. The summed E-state index contributed by atoms with van der Waals surface area (Å²) >= 11 is 5.89. The largest absolute Gasteiger partial charge is 0.352 e. The Bertz CT molecular complexity index is 642. The van der Waals surface area contributed by atoms with Crippen LogP contribution in [0, 0.1) is 12.7 Å². The molecule has 2 rings (SSSR count). The van der Waals surface area contributed by atoms with Crippen molar-refractivity contribution in [2.24, 2.45) is 0 Å². The van der Waals surface area contributed by atoms with Crippen molar-refractivity contribution in [1.82, 2.24) is 5.32 Å². The van der Waals surface area contributed by atoms with E-state index >= 15 is 0 Å². The number of halogens is 2. The van der Waals surface area contributed by atoms with Crippen molar-refractivity contribution >= 4 is 17.5 Å². The van der Waals surface area contributed by atoms with Gasteiger partial charge in [-0.3, -0.25) is 4.79 Å². The lowest BCUT2D eigenvalue weighted by molar-refractivity contribution is -0.121. The summed E-state index contributed by atoms with van der Waals surface area (Å²) in [6.45, 7) is 2.05. The first-order chi connectivity index (χ1) is 10.0. The van der Waals surface area contributed by atoms with E-state index in [1.165, 1.54) is 6.07 Å². The molecule has 0 radical (unpaired) electrons. The molecule has 2 aromatic rings. The molecule has 0 aliphatic heterocycles. The first kappa shape index (κ1) is 15.5. The van der Waals surface area contributed by atoms with Crippen molar-refractivity contribution in [3.63, 3.8) is 0 Å². The van der Waals surface area contributed by atoms with Gasteiger partial charge in [0.15, 0.2) is 0 Å². The molecule has 1 N–H and O–H groups in total. The zero-order valence-electron chi connectivity index (χ0n) is 11.8. The average Bonchev–Trinajstić information content (AvgIpc) is 2.46. The number of nitrogens with one attached hydrogen (secondary N) is 1. The summed E-state index contributed by atoms with van der Waals surface area (Å²) in [7, 11) is 0. The van der Waals surface area contributed by atoms with Crippen molar-refractivity contribution < 1.29 is 9.18 Å². The summed E-state index contributed by atoms with van der Waals surface area (Å²) < 4.78 is 13.4. The molecule has 4 heteroatoms. The summed E-state index contributed by atoms with van der Waals surface area (Å²) in [5.41, 5.74) is 2.39. The van der Waals surface area contributed by atoms with Gasteiger partial charge < -0.3 is 5.32 Å². The lowest BCUT2D eigenvalue weighted by Gasteiger charge is -2.07. The Labute approximate surface area is 128 Å². The molecule has 0 aromatic heterocycles. The fraction of sp³-hybridized carbons (Fsp3) is 0.235. The maximum absolute atomic E-state index is 13.4. The molecule has 2 aromatic carbocycles. The van der Waals surface area contributed by atoms with Crippen LogP contribution in [0.3, 0.4) is 0 Å². The fourth-order valence-corrected chi connectivity index (χ4v) is 2.20. The second kappa shape index (κ2) is 7.23. The molecular weight excluding hydrogens is 289 g/mol. The van der Waals surface area contributed by atoms with Gasteiger partial charge in [0.05, 0.1) is 0 Å². The third-order valence-electron chi connectivity index (χ3n) is 3.26. The molecule has 0 heterocycles. The Kier molecular flexibility index (Phi) is 5.34. The average molecular weight is 306 g/mol. The lowest BCUT2D eigenvalue weighted by atomic mass is 10.1. The van der Waals surface area contributed by atoms with E-state index < -0.39 is 0 Å². The molecule has 110 valence electrons. The van der Waals surface area contributed by atoms with Crippen molar-refractivity contribution in [2.75, 3.05) is 0 Å². The summed E-state index contributed by atoms with van der Waals surface area (Å²) in [4.78, 5) is 11.8. The smallest absolute Gasteiger partial charge is 0.220 e. The molecule has 0 bridgehead atoms. The van der Waals surface area contributed by atoms with Crippen LogP contribution in [0.5, 0.6) is 0 Å². The minimum atomic E-state index is -0.249. The number of carbonyl (C=O) groups is 1. The standard InChI is InChI=1S/C17H17ClFNO/c1-12-5-6-14(10-16(12)19)11-20-17(21)8-7-13-3-2-4-15(18)9-13/h2-6,9-10H,7-8,11H2,1H3,(H,20,21). The molecule has 0 unspecified atom stereocenters. The summed E-state index contributed by atoms with van der Waals surface area (Å²) in [6, 6.07) is 12.4. The maximum atomic E-state index is 13.4. The van der Waals surface area contributed by atoms with Crippen LogP contribution < -0.4 is 5.32 Å². The lowest BCUT2D eigenvalue weighted by Crippen LogP contribution is -2.23. The van der Waals surface area contributed by atoms with Crippen LogP contribution in [0.1, 0.15) is 23.1 Å². The van der Waals surface area contributed by atoms with Crippen LogP contribution in [0.25, 0.3) is 0 Å². The molecular formula is C17H17ClFNO. The fourth-order valence-electron chi connectivity index (χ4n) is 1.99. The van der Waals surface area contributed by atoms with Crippen molar-refractivity contribution in [1.29, 1.82) is 0 Å². The van der Waals surface area contributed by atoms with E-state index in [2.05, 4.69) is 5.32 Å². The molecule has 0 saturated heterocycles. The quantitative estimate of drug-likeness (QED) is 0.887. The van der Waals surface area contributed by atoms with E-state index in [0.717, 1.165) is 11.1 Å². The number of aryl methyl sites for hydroxylation is 2. The predicted octanol–water partition coefficient (Wildman–Crippen LogP) is 4.04. The third-order valence-corrected chi connectivity index (χ3v) is 3.49. The van der Waals surface area contributed by atoms with Crippen molar-refractivity contribution in [2.45, 2.75) is 26.3 Å². The van der Waals surface area contributed by atoms with E-state index in [1.807, 2.05) is 24.3 Å². The second-order valence-electron chi connectivity index (χ2n) is 4.99. The SMILES string of the molecule is Cc1ccc(CNC(=O)CCc2cccc(Cl)c2)cc1F. The molecule has 0 atom stereocenters. The van der Waals surface area contributed by atoms with Gasteiger partial charge in [-0.25, -0.2) is 4.39 Å². The minimum Gasteiger partial charge on any atom is -0.352 e. The number of hydrogen-bond acceptors (Lipinski definition) is 1. The van der Waals surface area contributed by atoms with Crippen molar-refractivity contribution in [3.8, 4) is 0 Å². The molecule has 1 amide bonds. The zero-order chi connectivity index (χ0) is 15.2. The number of rotatable bonds is 5. The van der Waals surface area contributed by atoms with Crippen molar-refractivity contribution in [3.05, 3.63) is 70.0 Å². The Morgan fingerprint density at radius 1 is 1.19 bits per heavy atom. The highest BCUT2D eigenvalue weighted by Gasteiger charge is 2.04. The van der Waals surface area contributed by atoms with Gasteiger partial charge in [-0.05, 0) is 48.2 Å². The molecule has 0 spiro atoms. The highest BCUT2D eigenvalue weighted by molar-refractivity contribution is 6.30. The van der Waals surface area contributed by atoms with E-state index in [-0.39, 0.29) is 11.7 Å². The number of amides is 1. The van der Waals surface area contributed by atoms with Gasteiger partial charge in [-0.15, -0.1) is 0 Å². The van der Waals surface area contributed by atoms with Crippen LogP contribution in [0.2, 0.25) is 5.02 Å². The van der Waals surface area contributed by atoms with Gasteiger partial charge in [0.1, 0.15) is 5.82 Å². The normalized spacial score (nSPS) is 10.4. The van der Waals surface area contributed by atoms with E-state index in [1.54, 1.807) is 19.1 Å². The van der Waals surface area contributed by atoms with E-state index in [0.29, 0.717) is 30.0 Å².